The summed E-state index contributed by atoms with van der Waals surface area (Å²) >= 11 is 1.60. The predicted molar refractivity (Wildman–Crippen MR) is 88.9 cm³/mol. The first-order chi connectivity index (χ1) is 10.6. The molecular formula is C17H21N3OS. The quantitative estimate of drug-likeness (QED) is 0.873. The molecule has 0 bridgehead atoms. The molecule has 4 nitrogen and oxygen atoms in total. The fraction of sp³-hybridized carbons (Fsp3) is 0.412. The van der Waals surface area contributed by atoms with Gasteiger partial charge in [-0.05, 0) is 19.5 Å². The average Bonchev–Trinajstić information content (AvgIpc) is 2.93. The second-order valence-electron chi connectivity index (χ2n) is 5.81. The molecule has 0 radical (unpaired) electrons. The second-order valence-corrected chi connectivity index (χ2v) is 6.87. The van der Waals surface area contributed by atoms with Gasteiger partial charge in [0.05, 0.1) is 23.2 Å². The number of likely N-dealkylation sites (N-methyl/N-ethyl adjacent to an activating group) is 1. The highest BCUT2D eigenvalue weighted by Gasteiger charge is 2.30. The molecule has 0 saturated carbocycles. The molecule has 22 heavy (non-hydrogen) atoms. The second kappa shape index (κ2) is 6.58. The number of carbonyl (C=O) groups excluding carboxylic acids is 1. The van der Waals surface area contributed by atoms with Crippen LogP contribution in [0.1, 0.15) is 22.3 Å². The normalized spacial score (nSPS) is 19.4. The number of aromatic nitrogens is 1. The Labute approximate surface area is 135 Å². The van der Waals surface area contributed by atoms with Crippen LogP contribution in [-0.2, 0) is 11.2 Å². The highest BCUT2D eigenvalue weighted by atomic mass is 32.1. The van der Waals surface area contributed by atoms with Crippen LogP contribution >= 0.6 is 11.3 Å². The maximum absolute atomic E-state index is 12.7. The SMILES string of the molecule is Cc1nc(CC(=O)N2CCN(C)C[C@@H]2c2ccccc2)cs1. The molecule has 1 aliphatic heterocycles. The van der Waals surface area contributed by atoms with E-state index in [0.29, 0.717) is 6.42 Å². The van der Waals surface area contributed by atoms with Gasteiger partial charge in [-0.3, -0.25) is 4.79 Å². The third kappa shape index (κ3) is 3.36. The maximum Gasteiger partial charge on any atom is 0.229 e. The lowest BCUT2D eigenvalue weighted by molar-refractivity contribution is -0.135. The fourth-order valence-corrected chi connectivity index (χ4v) is 3.54. The minimum absolute atomic E-state index is 0.132. The number of nitrogens with zero attached hydrogens (tertiary/aromatic N) is 3. The molecule has 2 aromatic rings. The maximum atomic E-state index is 12.7. The number of benzene rings is 1. The summed E-state index contributed by atoms with van der Waals surface area (Å²) in [5, 5.41) is 3.00. The lowest BCUT2D eigenvalue weighted by Crippen LogP contribution is -2.49. The number of rotatable bonds is 3. The van der Waals surface area contributed by atoms with Crippen molar-refractivity contribution in [3.8, 4) is 0 Å². The molecule has 0 N–H and O–H groups in total. The van der Waals surface area contributed by atoms with Crippen LogP contribution in [0.3, 0.4) is 0 Å². The average molecular weight is 315 g/mol. The summed E-state index contributed by atoms with van der Waals surface area (Å²) in [7, 11) is 2.11. The molecule has 1 amide bonds. The molecule has 0 spiro atoms. The first kappa shape index (κ1) is 15.2. The number of hydrogen-bond donors (Lipinski definition) is 0. The van der Waals surface area contributed by atoms with Crippen molar-refractivity contribution < 1.29 is 4.79 Å². The Morgan fingerprint density at radius 3 is 2.77 bits per heavy atom. The van der Waals surface area contributed by atoms with Gasteiger partial charge in [0.25, 0.3) is 0 Å². The van der Waals surface area contributed by atoms with E-state index >= 15 is 0 Å². The zero-order chi connectivity index (χ0) is 15.5. The molecule has 1 aromatic heterocycles. The van der Waals surface area contributed by atoms with Crippen molar-refractivity contribution in [3.63, 3.8) is 0 Å². The van der Waals surface area contributed by atoms with Gasteiger partial charge in [-0.25, -0.2) is 4.98 Å². The zero-order valence-electron chi connectivity index (χ0n) is 13.0. The Morgan fingerprint density at radius 2 is 2.09 bits per heavy atom. The van der Waals surface area contributed by atoms with Crippen LogP contribution < -0.4 is 0 Å². The summed E-state index contributed by atoms with van der Waals surface area (Å²) in [6, 6.07) is 10.4. The molecule has 1 fully saturated rings. The van der Waals surface area contributed by atoms with Crippen molar-refractivity contribution in [2.75, 3.05) is 26.7 Å². The monoisotopic (exact) mass is 315 g/mol. The topological polar surface area (TPSA) is 36.4 Å². The van der Waals surface area contributed by atoms with E-state index < -0.39 is 0 Å². The number of aryl methyl sites for hydroxylation is 1. The number of amides is 1. The van der Waals surface area contributed by atoms with E-state index in [1.54, 1.807) is 11.3 Å². The van der Waals surface area contributed by atoms with Crippen LogP contribution in [0.4, 0.5) is 0 Å². The Kier molecular flexibility index (Phi) is 4.55. The summed E-state index contributed by atoms with van der Waals surface area (Å²) in [5.74, 6) is 0.173. The van der Waals surface area contributed by atoms with E-state index in [0.717, 1.165) is 30.3 Å². The standard InChI is InChI=1S/C17H21N3OS/c1-13-18-15(12-22-13)10-17(21)20-9-8-19(2)11-16(20)14-6-4-3-5-7-14/h3-7,12,16H,8-11H2,1-2H3/t16-/m1/s1. The molecule has 1 saturated heterocycles. The molecule has 116 valence electrons. The number of hydrogen-bond acceptors (Lipinski definition) is 4. The largest absolute Gasteiger partial charge is 0.333 e. The number of carbonyl (C=O) groups is 1. The van der Waals surface area contributed by atoms with Crippen molar-refractivity contribution in [2.45, 2.75) is 19.4 Å². The van der Waals surface area contributed by atoms with Gasteiger partial charge in [-0.15, -0.1) is 11.3 Å². The van der Waals surface area contributed by atoms with Gasteiger partial charge >= 0.3 is 0 Å². The summed E-state index contributed by atoms with van der Waals surface area (Å²) in [6.07, 6.45) is 0.400. The molecule has 5 heteroatoms. The first-order valence-electron chi connectivity index (χ1n) is 7.57. The van der Waals surface area contributed by atoms with E-state index in [-0.39, 0.29) is 11.9 Å². The van der Waals surface area contributed by atoms with Crippen LogP contribution in [0.2, 0.25) is 0 Å². The molecular weight excluding hydrogens is 294 g/mol. The van der Waals surface area contributed by atoms with Crippen LogP contribution in [0.5, 0.6) is 0 Å². The van der Waals surface area contributed by atoms with Crippen molar-refractivity contribution in [2.24, 2.45) is 0 Å². The minimum Gasteiger partial charge on any atom is -0.333 e. The van der Waals surface area contributed by atoms with E-state index in [9.17, 15) is 4.79 Å². The highest BCUT2D eigenvalue weighted by molar-refractivity contribution is 7.09. The van der Waals surface area contributed by atoms with Crippen molar-refractivity contribution in [1.82, 2.24) is 14.8 Å². The Morgan fingerprint density at radius 1 is 1.32 bits per heavy atom. The van der Waals surface area contributed by atoms with E-state index in [1.807, 2.05) is 35.4 Å². The van der Waals surface area contributed by atoms with E-state index in [2.05, 4.69) is 29.1 Å². The lowest BCUT2D eigenvalue weighted by atomic mass is 10.0. The van der Waals surface area contributed by atoms with Gasteiger partial charge in [-0.2, -0.15) is 0 Å². The third-order valence-electron chi connectivity index (χ3n) is 4.09. The summed E-state index contributed by atoms with van der Waals surface area (Å²) in [5.41, 5.74) is 2.09. The van der Waals surface area contributed by atoms with Crippen molar-refractivity contribution >= 4 is 17.2 Å². The van der Waals surface area contributed by atoms with Gasteiger partial charge in [0.15, 0.2) is 0 Å². The Bertz CT molecular complexity index is 640. The van der Waals surface area contributed by atoms with Crippen molar-refractivity contribution in [3.05, 3.63) is 52.0 Å². The van der Waals surface area contributed by atoms with Gasteiger partial charge in [0.1, 0.15) is 0 Å². The molecule has 1 aliphatic rings. The molecule has 1 aromatic carbocycles. The van der Waals surface area contributed by atoms with E-state index in [4.69, 9.17) is 0 Å². The minimum atomic E-state index is 0.132. The van der Waals surface area contributed by atoms with Crippen LogP contribution in [0, 0.1) is 6.92 Å². The Balaban J connectivity index is 1.78. The first-order valence-corrected chi connectivity index (χ1v) is 8.45. The number of piperazine rings is 1. The number of thiazole rings is 1. The van der Waals surface area contributed by atoms with Crippen LogP contribution in [-0.4, -0.2) is 47.4 Å². The smallest absolute Gasteiger partial charge is 0.229 e. The van der Waals surface area contributed by atoms with E-state index in [1.165, 1.54) is 5.56 Å². The molecule has 1 atom stereocenters. The van der Waals surface area contributed by atoms with Gasteiger partial charge in [0.2, 0.25) is 5.91 Å². The molecule has 3 rings (SSSR count). The van der Waals surface area contributed by atoms with Gasteiger partial charge in [0, 0.05) is 25.0 Å². The fourth-order valence-electron chi connectivity index (χ4n) is 2.92. The third-order valence-corrected chi connectivity index (χ3v) is 4.91. The van der Waals surface area contributed by atoms with Crippen LogP contribution in [0.25, 0.3) is 0 Å². The summed E-state index contributed by atoms with van der Waals surface area (Å²) in [4.78, 5) is 21.5. The van der Waals surface area contributed by atoms with Gasteiger partial charge < -0.3 is 9.80 Å². The zero-order valence-corrected chi connectivity index (χ0v) is 13.8. The van der Waals surface area contributed by atoms with Gasteiger partial charge in [-0.1, -0.05) is 30.3 Å². The summed E-state index contributed by atoms with van der Waals surface area (Å²) < 4.78 is 0. The molecule has 2 heterocycles. The van der Waals surface area contributed by atoms with Crippen LogP contribution in [0.15, 0.2) is 35.7 Å². The highest BCUT2D eigenvalue weighted by Crippen LogP contribution is 2.25. The lowest BCUT2D eigenvalue weighted by Gasteiger charge is -2.40. The predicted octanol–water partition coefficient (Wildman–Crippen LogP) is 2.51. The Hall–Kier alpha value is -1.72. The summed E-state index contributed by atoms with van der Waals surface area (Å²) in [6.45, 7) is 4.55. The molecule has 0 aliphatic carbocycles. The molecule has 0 unspecified atom stereocenters. The van der Waals surface area contributed by atoms with Crippen molar-refractivity contribution in [1.29, 1.82) is 0 Å².